The van der Waals surface area contributed by atoms with Crippen LogP contribution in [-0.2, 0) is 16.6 Å². The molecule has 4 rings (SSSR count). The van der Waals surface area contributed by atoms with E-state index in [0.29, 0.717) is 35.9 Å². The van der Waals surface area contributed by atoms with E-state index in [1.807, 2.05) is 0 Å². The van der Waals surface area contributed by atoms with E-state index in [0.717, 1.165) is 18.2 Å². The van der Waals surface area contributed by atoms with E-state index in [4.69, 9.17) is 0 Å². The van der Waals surface area contributed by atoms with Crippen molar-refractivity contribution in [3.8, 4) is 22.4 Å². The van der Waals surface area contributed by atoms with Gasteiger partial charge in [-0.2, -0.15) is 9.40 Å². The summed E-state index contributed by atoms with van der Waals surface area (Å²) in [5.41, 5.74) is 0.423. The van der Waals surface area contributed by atoms with Gasteiger partial charge in [0.15, 0.2) is 0 Å². The largest absolute Gasteiger partial charge is 0.464 e. The Morgan fingerprint density at radius 1 is 1.00 bits per heavy atom. The van der Waals surface area contributed by atoms with Crippen LogP contribution >= 0.6 is 0 Å². The van der Waals surface area contributed by atoms with Crippen LogP contribution in [0.5, 0.6) is 0 Å². The summed E-state index contributed by atoms with van der Waals surface area (Å²) in [6.45, 7) is 2.19. The van der Waals surface area contributed by atoms with Crippen molar-refractivity contribution in [3.63, 3.8) is 0 Å². The van der Waals surface area contributed by atoms with Crippen LogP contribution in [0.25, 0.3) is 22.4 Å². The molecule has 0 saturated carbocycles. The normalized spacial score (nSPS) is 11.4. The highest BCUT2D eigenvalue weighted by Gasteiger charge is 2.36. The smallest absolute Gasteiger partial charge is 0.426 e. The molecule has 0 unspecified atom stereocenters. The molecule has 35 heavy (non-hydrogen) atoms. The van der Waals surface area contributed by atoms with Gasteiger partial charge in [-0.15, -0.1) is 0 Å². The summed E-state index contributed by atoms with van der Waals surface area (Å²) in [5, 5.41) is 14.3. The molecule has 0 aliphatic heterocycles. The number of hydrogen-bond donors (Lipinski definition) is 1. The lowest BCUT2D eigenvalue weighted by Crippen LogP contribution is -2.36. The number of hydrogen-bond acceptors (Lipinski definition) is 5. The zero-order chi connectivity index (χ0) is 25.3. The Morgan fingerprint density at radius 3 is 2.31 bits per heavy atom. The van der Waals surface area contributed by atoms with Crippen molar-refractivity contribution in [1.82, 2.24) is 14.8 Å². The summed E-state index contributed by atoms with van der Waals surface area (Å²) < 4.78 is 70.4. The van der Waals surface area contributed by atoms with E-state index in [1.165, 1.54) is 17.1 Å². The molecule has 0 saturated heterocycles. The topological polar surface area (TPSA) is 105 Å². The Kier molecular flexibility index (Phi) is 6.31. The Morgan fingerprint density at radius 2 is 1.66 bits per heavy atom. The molecular formula is C23H17F3N4O4S. The van der Waals surface area contributed by atoms with Gasteiger partial charge >= 0.3 is 6.09 Å². The van der Waals surface area contributed by atoms with Gasteiger partial charge in [0.2, 0.25) is 0 Å². The van der Waals surface area contributed by atoms with Gasteiger partial charge in [-0.05, 0) is 61.0 Å². The highest BCUT2D eigenvalue weighted by Crippen LogP contribution is 2.39. The van der Waals surface area contributed by atoms with Crippen LogP contribution in [0.15, 0.2) is 72.0 Å². The molecule has 2 aromatic carbocycles. The zero-order valence-electron chi connectivity index (χ0n) is 18.1. The number of amides is 1. The third-order valence-corrected chi connectivity index (χ3v) is 6.80. The number of sulfonamides is 1. The average Bonchev–Trinajstić information content (AvgIpc) is 3.26. The van der Waals surface area contributed by atoms with Crippen molar-refractivity contribution in [2.45, 2.75) is 18.4 Å². The number of carbonyl (C=O) groups is 1. The molecule has 2 aromatic heterocycles. The lowest BCUT2D eigenvalue weighted by atomic mass is 10.0. The molecule has 4 aromatic rings. The number of aryl methyl sites for hydroxylation is 1. The SMILES string of the molecule is CCn1cc(-c2ccncc2)c(-c2cc(F)ccc2N(C(=O)O)S(=O)(=O)c2cc(F)ccc2F)n1. The minimum atomic E-state index is -5.17. The zero-order valence-corrected chi connectivity index (χ0v) is 18.9. The van der Waals surface area contributed by atoms with Gasteiger partial charge < -0.3 is 5.11 Å². The molecular weight excluding hydrogens is 485 g/mol. The molecule has 0 fully saturated rings. The second-order valence-electron chi connectivity index (χ2n) is 7.27. The van der Waals surface area contributed by atoms with Crippen LogP contribution in [-0.4, -0.2) is 34.4 Å². The highest BCUT2D eigenvalue weighted by molar-refractivity contribution is 7.93. The maximum atomic E-state index is 14.4. The van der Waals surface area contributed by atoms with E-state index >= 15 is 0 Å². The quantitative estimate of drug-likeness (QED) is 0.401. The summed E-state index contributed by atoms with van der Waals surface area (Å²) in [6.07, 6.45) is 2.64. The fourth-order valence-corrected chi connectivity index (χ4v) is 4.91. The van der Waals surface area contributed by atoms with Crippen LogP contribution in [0.1, 0.15) is 6.92 Å². The minimum absolute atomic E-state index is 0.0775. The molecule has 1 N–H and O–H groups in total. The van der Waals surface area contributed by atoms with Gasteiger partial charge in [0, 0.05) is 36.3 Å². The molecule has 0 atom stereocenters. The van der Waals surface area contributed by atoms with Gasteiger partial charge in [0.25, 0.3) is 10.0 Å². The molecule has 0 aliphatic carbocycles. The molecule has 0 aliphatic rings. The van der Waals surface area contributed by atoms with Gasteiger partial charge in [-0.3, -0.25) is 9.67 Å². The average molecular weight is 502 g/mol. The first kappa shape index (κ1) is 24.0. The molecule has 8 nitrogen and oxygen atoms in total. The maximum Gasteiger partial charge on any atom is 0.426 e. The van der Waals surface area contributed by atoms with E-state index in [-0.39, 0.29) is 15.6 Å². The van der Waals surface area contributed by atoms with Crippen LogP contribution in [0.4, 0.5) is 23.7 Å². The van der Waals surface area contributed by atoms with E-state index in [2.05, 4.69) is 10.1 Å². The molecule has 0 radical (unpaired) electrons. The van der Waals surface area contributed by atoms with E-state index in [9.17, 15) is 31.5 Å². The third kappa shape index (κ3) is 4.47. The Labute approximate surface area is 197 Å². The van der Waals surface area contributed by atoms with Crippen molar-refractivity contribution in [3.05, 3.63) is 84.6 Å². The lowest BCUT2D eigenvalue weighted by molar-refractivity contribution is 0.206. The fraction of sp³-hybridized carbons (Fsp3) is 0.0870. The number of rotatable bonds is 6. The lowest BCUT2D eigenvalue weighted by Gasteiger charge is -2.22. The van der Waals surface area contributed by atoms with Gasteiger partial charge in [-0.25, -0.2) is 26.4 Å². The molecule has 1 amide bonds. The first-order chi connectivity index (χ1) is 16.6. The minimum Gasteiger partial charge on any atom is -0.464 e. The van der Waals surface area contributed by atoms with Crippen LogP contribution < -0.4 is 4.31 Å². The summed E-state index contributed by atoms with van der Waals surface area (Å²) >= 11 is 0. The first-order valence-electron chi connectivity index (χ1n) is 10.1. The van der Waals surface area contributed by atoms with Crippen molar-refractivity contribution in [2.75, 3.05) is 4.31 Å². The van der Waals surface area contributed by atoms with Crippen molar-refractivity contribution >= 4 is 21.8 Å². The molecule has 180 valence electrons. The van der Waals surface area contributed by atoms with Crippen LogP contribution in [0, 0.1) is 17.5 Å². The number of aromatic nitrogens is 3. The number of pyridine rings is 1. The van der Waals surface area contributed by atoms with Crippen molar-refractivity contribution in [2.24, 2.45) is 0 Å². The molecule has 2 heterocycles. The first-order valence-corrected chi connectivity index (χ1v) is 11.6. The summed E-state index contributed by atoms with van der Waals surface area (Å²) in [7, 11) is -5.17. The standard InChI is InChI=1S/C23H17F3N4O4S/c1-2-29-13-18(14-7-9-27-10-8-14)22(28-29)17-11-15(24)4-6-20(17)30(23(31)32)35(33,34)21-12-16(25)3-5-19(21)26/h3-13H,2H2,1H3,(H,31,32). The number of benzene rings is 2. The van der Waals surface area contributed by atoms with Crippen molar-refractivity contribution < 1.29 is 31.5 Å². The van der Waals surface area contributed by atoms with Gasteiger partial charge in [-0.1, -0.05) is 0 Å². The number of nitrogens with zero attached hydrogens (tertiary/aromatic N) is 4. The molecule has 0 spiro atoms. The predicted octanol–water partition coefficient (Wildman–Crippen LogP) is 4.92. The summed E-state index contributed by atoms with van der Waals surface area (Å²) in [6, 6.07) is 7.64. The second-order valence-corrected chi connectivity index (χ2v) is 9.03. The van der Waals surface area contributed by atoms with E-state index in [1.54, 1.807) is 25.3 Å². The number of halogens is 3. The van der Waals surface area contributed by atoms with Crippen LogP contribution in [0.2, 0.25) is 0 Å². The molecule has 0 bridgehead atoms. The Bertz CT molecular complexity index is 1530. The third-order valence-electron chi connectivity index (χ3n) is 5.09. The fourth-order valence-electron chi connectivity index (χ4n) is 3.51. The predicted molar refractivity (Wildman–Crippen MR) is 121 cm³/mol. The summed E-state index contributed by atoms with van der Waals surface area (Å²) in [5.74, 6) is -3.24. The highest BCUT2D eigenvalue weighted by atomic mass is 32.2. The maximum absolute atomic E-state index is 14.4. The second kappa shape index (κ2) is 9.22. The Balaban J connectivity index is 2.00. The number of anilines is 1. The van der Waals surface area contributed by atoms with Crippen LogP contribution in [0.3, 0.4) is 0 Å². The Hall–Kier alpha value is -4.19. The molecule has 12 heteroatoms. The summed E-state index contributed by atoms with van der Waals surface area (Å²) in [4.78, 5) is 15.0. The van der Waals surface area contributed by atoms with Crippen molar-refractivity contribution in [1.29, 1.82) is 0 Å². The van der Waals surface area contributed by atoms with Gasteiger partial charge in [0.05, 0.1) is 5.69 Å². The van der Waals surface area contributed by atoms with Gasteiger partial charge in [0.1, 0.15) is 28.0 Å². The van der Waals surface area contributed by atoms with E-state index < -0.39 is 44.2 Å². The monoisotopic (exact) mass is 502 g/mol. The number of carboxylic acid groups (broad SMARTS) is 1.